The first-order chi connectivity index (χ1) is 15.0. The van der Waals surface area contributed by atoms with E-state index in [1.807, 2.05) is 48.5 Å². The molecule has 0 saturated carbocycles. The van der Waals surface area contributed by atoms with E-state index in [-0.39, 0.29) is 11.4 Å². The average molecular weight is 421 g/mol. The molecule has 0 aliphatic heterocycles. The Balaban J connectivity index is 1.70. The van der Waals surface area contributed by atoms with Gasteiger partial charge in [-0.3, -0.25) is 9.48 Å². The first kappa shape index (κ1) is 21.6. The number of carbonyl (C=O) groups is 2. The summed E-state index contributed by atoms with van der Waals surface area (Å²) in [6.07, 6.45) is 4.57. The van der Waals surface area contributed by atoms with Crippen LogP contribution in [0.3, 0.4) is 0 Å². The smallest absolute Gasteiger partial charge is 0.360 e. The first-order valence-electron chi connectivity index (χ1n) is 9.46. The number of methoxy groups -OCH3 is 2. The Labute approximate surface area is 180 Å². The Morgan fingerprint density at radius 3 is 2.61 bits per heavy atom. The molecule has 160 valence electrons. The van der Waals surface area contributed by atoms with Gasteiger partial charge in [0.05, 0.1) is 19.9 Å². The fourth-order valence-corrected chi connectivity index (χ4v) is 2.87. The summed E-state index contributed by atoms with van der Waals surface area (Å²) < 4.78 is 17.3. The fourth-order valence-electron chi connectivity index (χ4n) is 2.87. The number of hydrogen-bond acceptors (Lipinski definition) is 6. The molecule has 1 N–H and O–H groups in total. The maximum atomic E-state index is 12.3. The molecule has 0 fully saturated rings. The number of amides is 1. The monoisotopic (exact) mass is 421 g/mol. The highest BCUT2D eigenvalue weighted by Gasteiger charge is 2.17. The second kappa shape index (κ2) is 10.1. The van der Waals surface area contributed by atoms with E-state index in [0.29, 0.717) is 12.4 Å². The summed E-state index contributed by atoms with van der Waals surface area (Å²) in [5.74, 6) is 0.410. The third-order valence-electron chi connectivity index (χ3n) is 4.33. The minimum Gasteiger partial charge on any atom is -0.496 e. The molecule has 1 aromatic heterocycles. The number of ether oxygens (including phenoxy) is 3. The molecule has 31 heavy (non-hydrogen) atoms. The summed E-state index contributed by atoms with van der Waals surface area (Å²) in [6.45, 7) is 0.319. The summed E-state index contributed by atoms with van der Waals surface area (Å²) >= 11 is 0. The van der Waals surface area contributed by atoms with Crippen molar-refractivity contribution in [1.82, 2.24) is 9.78 Å². The Kier molecular flexibility index (Phi) is 7.05. The number of anilines is 1. The highest BCUT2D eigenvalue weighted by atomic mass is 16.5. The topological polar surface area (TPSA) is 91.7 Å². The molecule has 0 unspecified atom stereocenters. The minimum absolute atomic E-state index is 0.0385. The maximum absolute atomic E-state index is 12.3. The fraction of sp³-hybridized carbons (Fsp3) is 0.174. The van der Waals surface area contributed by atoms with Gasteiger partial charge in [0.2, 0.25) is 5.91 Å². The molecule has 0 aliphatic rings. The number of nitrogens with one attached hydrogen (secondary N) is 1. The number of aromatic nitrogens is 2. The summed E-state index contributed by atoms with van der Waals surface area (Å²) in [4.78, 5) is 24.1. The standard InChI is InChI=1S/C23H23N3O5/c1-26-14-19(22(25-26)23(28)30-3)24-21(27)12-10-16-9-11-20(29-2)17(13-16)15-31-18-7-5-4-6-8-18/h4-14H,15H2,1-3H3,(H,24,27)/b12-10+. The SMILES string of the molecule is COC(=O)c1nn(C)cc1NC(=O)/C=C/c1ccc(OC)c(COc2ccccc2)c1. The number of nitrogens with zero attached hydrogens (tertiary/aromatic N) is 2. The van der Waals surface area contributed by atoms with Gasteiger partial charge in [-0.2, -0.15) is 5.10 Å². The zero-order valence-corrected chi connectivity index (χ0v) is 17.5. The summed E-state index contributed by atoms with van der Waals surface area (Å²) in [7, 11) is 4.50. The Hall–Kier alpha value is -4.07. The van der Waals surface area contributed by atoms with Gasteiger partial charge in [-0.25, -0.2) is 4.79 Å². The highest BCUT2D eigenvalue weighted by molar-refractivity contribution is 6.05. The van der Waals surface area contributed by atoms with Crippen molar-refractivity contribution < 1.29 is 23.8 Å². The first-order valence-corrected chi connectivity index (χ1v) is 9.46. The van der Waals surface area contributed by atoms with Crippen molar-refractivity contribution in [2.45, 2.75) is 6.61 Å². The Bertz CT molecular complexity index is 1090. The molecule has 0 spiro atoms. The highest BCUT2D eigenvalue weighted by Crippen LogP contribution is 2.23. The van der Waals surface area contributed by atoms with Crippen LogP contribution in [0.1, 0.15) is 21.6 Å². The summed E-state index contributed by atoms with van der Waals surface area (Å²) in [6, 6.07) is 15.0. The van der Waals surface area contributed by atoms with Gasteiger partial charge in [0.15, 0.2) is 5.69 Å². The molecule has 0 saturated heterocycles. The van der Waals surface area contributed by atoms with Crippen molar-refractivity contribution in [3.05, 3.63) is 77.6 Å². The predicted molar refractivity (Wildman–Crippen MR) is 116 cm³/mol. The lowest BCUT2D eigenvalue weighted by atomic mass is 10.1. The van der Waals surface area contributed by atoms with E-state index in [0.717, 1.165) is 16.9 Å². The normalized spacial score (nSPS) is 10.7. The van der Waals surface area contributed by atoms with Gasteiger partial charge in [0.1, 0.15) is 18.1 Å². The lowest BCUT2D eigenvalue weighted by Gasteiger charge is -2.11. The van der Waals surface area contributed by atoms with Gasteiger partial charge >= 0.3 is 5.97 Å². The van der Waals surface area contributed by atoms with Gasteiger partial charge in [-0.05, 0) is 35.9 Å². The van der Waals surface area contributed by atoms with Crippen molar-refractivity contribution in [1.29, 1.82) is 0 Å². The molecule has 0 bridgehead atoms. The molecule has 8 heteroatoms. The molecule has 0 radical (unpaired) electrons. The van der Waals surface area contributed by atoms with Gasteiger partial charge in [0.25, 0.3) is 0 Å². The van der Waals surface area contributed by atoms with E-state index in [1.54, 1.807) is 20.2 Å². The van der Waals surface area contributed by atoms with E-state index >= 15 is 0 Å². The van der Waals surface area contributed by atoms with Crippen molar-refractivity contribution in [2.24, 2.45) is 7.05 Å². The van der Waals surface area contributed by atoms with Crippen molar-refractivity contribution in [2.75, 3.05) is 19.5 Å². The Morgan fingerprint density at radius 2 is 1.90 bits per heavy atom. The molecule has 0 atom stereocenters. The summed E-state index contributed by atoms with van der Waals surface area (Å²) in [5, 5.41) is 6.65. The lowest BCUT2D eigenvalue weighted by molar-refractivity contribution is -0.111. The number of para-hydroxylation sites is 1. The maximum Gasteiger partial charge on any atom is 0.360 e. The van der Waals surface area contributed by atoms with Crippen LogP contribution in [0.15, 0.2) is 60.8 Å². The van der Waals surface area contributed by atoms with Crippen LogP contribution in [-0.2, 0) is 23.2 Å². The number of rotatable bonds is 8. The molecular weight excluding hydrogens is 398 g/mol. The molecule has 1 heterocycles. The van der Waals surface area contributed by atoms with E-state index < -0.39 is 11.9 Å². The second-order valence-electron chi connectivity index (χ2n) is 6.55. The van der Waals surface area contributed by atoms with Gasteiger partial charge in [-0.1, -0.05) is 24.3 Å². The van der Waals surface area contributed by atoms with Crippen LogP contribution < -0.4 is 14.8 Å². The van der Waals surface area contributed by atoms with E-state index in [2.05, 4.69) is 15.2 Å². The van der Waals surface area contributed by atoms with Crippen LogP contribution in [0.2, 0.25) is 0 Å². The van der Waals surface area contributed by atoms with Crippen LogP contribution in [0.4, 0.5) is 5.69 Å². The number of hydrogen-bond donors (Lipinski definition) is 1. The molecule has 0 aliphatic carbocycles. The zero-order valence-electron chi connectivity index (χ0n) is 17.5. The van der Waals surface area contributed by atoms with E-state index in [9.17, 15) is 9.59 Å². The third-order valence-corrected chi connectivity index (χ3v) is 4.33. The predicted octanol–water partition coefficient (Wildman–Crippen LogP) is 3.45. The number of esters is 1. The molecule has 1 amide bonds. The van der Waals surface area contributed by atoms with Crippen LogP contribution in [0, 0.1) is 0 Å². The zero-order chi connectivity index (χ0) is 22.2. The molecule has 8 nitrogen and oxygen atoms in total. The summed E-state index contributed by atoms with van der Waals surface area (Å²) in [5.41, 5.74) is 1.95. The Morgan fingerprint density at radius 1 is 1.13 bits per heavy atom. The second-order valence-corrected chi connectivity index (χ2v) is 6.55. The van der Waals surface area contributed by atoms with Gasteiger partial charge in [0, 0.05) is 24.9 Å². The van der Waals surface area contributed by atoms with Crippen LogP contribution in [0.25, 0.3) is 6.08 Å². The van der Waals surface area contributed by atoms with Gasteiger partial charge in [-0.15, -0.1) is 0 Å². The molecule has 3 aromatic rings. The quantitative estimate of drug-likeness (QED) is 0.443. The number of carbonyl (C=O) groups excluding carboxylic acids is 2. The van der Waals surface area contributed by atoms with Crippen molar-refractivity contribution in [3.63, 3.8) is 0 Å². The van der Waals surface area contributed by atoms with E-state index in [4.69, 9.17) is 9.47 Å². The van der Waals surface area contributed by atoms with Crippen LogP contribution >= 0.6 is 0 Å². The van der Waals surface area contributed by atoms with Crippen LogP contribution in [-0.4, -0.2) is 35.9 Å². The third kappa shape index (κ3) is 5.72. The van der Waals surface area contributed by atoms with E-state index in [1.165, 1.54) is 24.1 Å². The number of benzene rings is 2. The van der Waals surface area contributed by atoms with Crippen molar-refractivity contribution >= 4 is 23.6 Å². The molecule has 2 aromatic carbocycles. The molecular formula is C23H23N3O5. The van der Waals surface area contributed by atoms with Gasteiger partial charge < -0.3 is 19.5 Å². The lowest BCUT2D eigenvalue weighted by Crippen LogP contribution is -2.12. The average Bonchev–Trinajstić information content (AvgIpc) is 3.16. The largest absolute Gasteiger partial charge is 0.496 e. The minimum atomic E-state index is -0.627. The number of aryl methyl sites for hydroxylation is 1. The van der Waals surface area contributed by atoms with Crippen molar-refractivity contribution in [3.8, 4) is 11.5 Å². The van der Waals surface area contributed by atoms with Crippen LogP contribution in [0.5, 0.6) is 11.5 Å². The molecule has 3 rings (SSSR count).